The van der Waals surface area contributed by atoms with Crippen LogP contribution in [0.5, 0.6) is 5.75 Å². The van der Waals surface area contributed by atoms with Gasteiger partial charge in [-0.05, 0) is 49.7 Å². The van der Waals surface area contributed by atoms with E-state index in [9.17, 15) is 0 Å². The molecule has 0 heterocycles. The Morgan fingerprint density at radius 1 is 0.842 bits per heavy atom. The maximum absolute atomic E-state index is 5.51. The van der Waals surface area contributed by atoms with Crippen LogP contribution >= 0.6 is 0 Å². The first kappa shape index (κ1) is 13.3. The Balaban J connectivity index is 2.00. The molecule has 2 rings (SSSR count). The molecule has 0 bridgehead atoms. The molecule has 0 aliphatic heterocycles. The van der Waals surface area contributed by atoms with Gasteiger partial charge < -0.3 is 4.74 Å². The molecule has 0 spiro atoms. The van der Waals surface area contributed by atoms with Gasteiger partial charge in [0.15, 0.2) is 0 Å². The van der Waals surface area contributed by atoms with Crippen LogP contribution in [0.15, 0.2) is 58.8 Å². The van der Waals surface area contributed by atoms with Crippen LogP contribution in [0.1, 0.15) is 18.9 Å². The molecule has 0 N–H and O–H groups in total. The second-order valence-corrected chi connectivity index (χ2v) is 4.38. The first-order valence-electron chi connectivity index (χ1n) is 6.49. The molecule has 3 nitrogen and oxygen atoms in total. The molecule has 0 radical (unpaired) electrons. The van der Waals surface area contributed by atoms with Crippen molar-refractivity contribution >= 4 is 11.4 Å². The molecular weight excluding hydrogens is 236 g/mol. The molecule has 0 saturated carbocycles. The summed E-state index contributed by atoms with van der Waals surface area (Å²) < 4.78 is 5.51. The van der Waals surface area contributed by atoms with E-state index in [1.807, 2.05) is 48.5 Å². The zero-order valence-corrected chi connectivity index (χ0v) is 11.3. The van der Waals surface area contributed by atoms with Crippen molar-refractivity contribution in [3.8, 4) is 5.75 Å². The minimum absolute atomic E-state index is 0.740. The second kappa shape index (κ2) is 6.69. The smallest absolute Gasteiger partial charge is 0.119 e. The number of hydrogen-bond donors (Lipinski definition) is 0. The van der Waals surface area contributed by atoms with Gasteiger partial charge in [0.25, 0.3) is 0 Å². The van der Waals surface area contributed by atoms with Crippen molar-refractivity contribution in [2.45, 2.75) is 20.3 Å². The number of aryl methyl sites for hydroxylation is 1. The quantitative estimate of drug-likeness (QED) is 0.675. The molecule has 0 atom stereocenters. The minimum Gasteiger partial charge on any atom is -0.494 e. The van der Waals surface area contributed by atoms with Crippen LogP contribution in [0.25, 0.3) is 0 Å². The van der Waals surface area contributed by atoms with E-state index in [-0.39, 0.29) is 0 Å². The van der Waals surface area contributed by atoms with Crippen LogP contribution in [0.4, 0.5) is 11.4 Å². The van der Waals surface area contributed by atoms with E-state index in [0.29, 0.717) is 0 Å². The van der Waals surface area contributed by atoms with Gasteiger partial charge in [0.2, 0.25) is 0 Å². The Labute approximate surface area is 114 Å². The largest absolute Gasteiger partial charge is 0.494 e. The summed E-state index contributed by atoms with van der Waals surface area (Å²) in [5.74, 6) is 0.871. The van der Waals surface area contributed by atoms with Gasteiger partial charge >= 0.3 is 0 Å². The van der Waals surface area contributed by atoms with E-state index in [0.717, 1.165) is 30.2 Å². The third-order valence-corrected chi connectivity index (χ3v) is 2.62. The zero-order valence-electron chi connectivity index (χ0n) is 11.3. The normalized spacial score (nSPS) is 10.8. The number of benzene rings is 2. The summed E-state index contributed by atoms with van der Waals surface area (Å²) >= 11 is 0. The van der Waals surface area contributed by atoms with Crippen molar-refractivity contribution in [2.75, 3.05) is 6.61 Å². The van der Waals surface area contributed by atoms with Gasteiger partial charge in [0.05, 0.1) is 18.0 Å². The second-order valence-electron chi connectivity index (χ2n) is 4.38. The monoisotopic (exact) mass is 254 g/mol. The predicted octanol–water partition coefficient (Wildman–Crippen LogP) is 5.20. The van der Waals surface area contributed by atoms with E-state index in [1.165, 1.54) is 5.56 Å². The van der Waals surface area contributed by atoms with E-state index in [2.05, 4.69) is 24.1 Å². The van der Waals surface area contributed by atoms with Gasteiger partial charge in [-0.3, -0.25) is 0 Å². The van der Waals surface area contributed by atoms with Gasteiger partial charge in [0, 0.05) is 0 Å². The van der Waals surface area contributed by atoms with Crippen molar-refractivity contribution in [3.05, 3.63) is 54.1 Å². The fourth-order valence-electron chi connectivity index (χ4n) is 1.56. The third kappa shape index (κ3) is 4.21. The van der Waals surface area contributed by atoms with Gasteiger partial charge in [-0.2, -0.15) is 10.2 Å². The Morgan fingerprint density at radius 3 is 1.89 bits per heavy atom. The number of hydrogen-bond acceptors (Lipinski definition) is 3. The van der Waals surface area contributed by atoms with Crippen molar-refractivity contribution < 1.29 is 4.74 Å². The molecule has 0 aliphatic rings. The lowest BCUT2D eigenvalue weighted by Gasteiger charge is -2.03. The number of ether oxygens (including phenoxy) is 1. The summed E-state index contributed by atoms with van der Waals surface area (Å²) in [5, 5.41) is 8.39. The van der Waals surface area contributed by atoms with Crippen LogP contribution < -0.4 is 4.74 Å². The fraction of sp³-hybridized carbons (Fsp3) is 0.250. The molecule has 0 aliphatic carbocycles. The standard InChI is InChI=1S/C16H18N2O/c1-3-12-19-16-10-8-15(9-11-16)18-17-14-6-4-13(2)5-7-14/h4-11H,3,12H2,1-2H3. The van der Waals surface area contributed by atoms with Gasteiger partial charge in [-0.1, -0.05) is 24.6 Å². The van der Waals surface area contributed by atoms with Crippen molar-refractivity contribution in [1.29, 1.82) is 0 Å². The van der Waals surface area contributed by atoms with Gasteiger partial charge in [-0.25, -0.2) is 0 Å². The van der Waals surface area contributed by atoms with E-state index in [1.54, 1.807) is 0 Å². The molecule has 2 aromatic rings. The van der Waals surface area contributed by atoms with E-state index in [4.69, 9.17) is 4.74 Å². The lowest BCUT2D eigenvalue weighted by Crippen LogP contribution is -1.93. The summed E-state index contributed by atoms with van der Waals surface area (Å²) in [4.78, 5) is 0. The fourth-order valence-corrected chi connectivity index (χ4v) is 1.56. The van der Waals surface area contributed by atoms with Crippen molar-refractivity contribution in [3.63, 3.8) is 0 Å². The first-order chi connectivity index (χ1) is 9.28. The van der Waals surface area contributed by atoms with Gasteiger partial charge in [0.1, 0.15) is 5.75 Å². The molecule has 0 saturated heterocycles. The molecule has 0 unspecified atom stereocenters. The summed E-state index contributed by atoms with van der Waals surface area (Å²) in [6.45, 7) is 4.88. The highest BCUT2D eigenvalue weighted by atomic mass is 16.5. The maximum Gasteiger partial charge on any atom is 0.119 e. The van der Waals surface area contributed by atoms with Crippen molar-refractivity contribution in [2.24, 2.45) is 10.2 Å². The highest BCUT2D eigenvalue weighted by Crippen LogP contribution is 2.21. The van der Waals surface area contributed by atoms with Crippen molar-refractivity contribution in [1.82, 2.24) is 0 Å². The molecule has 19 heavy (non-hydrogen) atoms. The van der Waals surface area contributed by atoms with Crippen LogP contribution in [-0.2, 0) is 0 Å². The molecule has 0 fully saturated rings. The summed E-state index contributed by atoms with van der Waals surface area (Å²) in [5.41, 5.74) is 2.90. The lowest BCUT2D eigenvalue weighted by atomic mass is 10.2. The van der Waals surface area contributed by atoms with Crippen LogP contribution in [-0.4, -0.2) is 6.61 Å². The van der Waals surface area contributed by atoms with Crippen LogP contribution in [0.2, 0.25) is 0 Å². The van der Waals surface area contributed by atoms with E-state index >= 15 is 0 Å². The topological polar surface area (TPSA) is 34.0 Å². The maximum atomic E-state index is 5.51. The predicted molar refractivity (Wildman–Crippen MR) is 77.6 cm³/mol. The number of nitrogens with zero attached hydrogens (tertiary/aromatic N) is 2. The molecule has 2 aromatic carbocycles. The molecule has 0 aromatic heterocycles. The number of azo groups is 1. The molecule has 3 heteroatoms. The summed E-state index contributed by atoms with van der Waals surface area (Å²) in [6, 6.07) is 15.6. The lowest BCUT2D eigenvalue weighted by molar-refractivity contribution is 0.317. The highest BCUT2D eigenvalue weighted by molar-refractivity contribution is 5.43. The SMILES string of the molecule is CCCOc1ccc(N=Nc2ccc(C)cc2)cc1. The molecular formula is C16H18N2O. The Hall–Kier alpha value is -2.16. The average molecular weight is 254 g/mol. The minimum atomic E-state index is 0.740. The summed E-state index contributed by atoms with van der Waals surface area (Å²) in [6.07, 6.45) is 1.01. The van der Waals surface area contributed by atoms with Gasteiger partial charge in [-0.15, -0.1) is 0 Å². The summed E-state index contributed by atoms with van der Waals surface area (Å²) in [7, 11) is 0. The first-order valence-corrected chi connectivity index (χ1v) is 6.49. The Bertz CT molecular complexity index is 530. The Kier molecular flexibility index (Phi) is 4.67. The zero-order chi connectivity index (χ0) is 13.5. The average Bonchev–Trinajstić information content (AvgIpc) is 2.46. The molecule has 0 amide bonds. The highest BCUT2D eigenvalue weighted by Gasteiger charge is 1.94. The van der Waals surface area contributed by atoms with Crippen LogP contribution in [0, 0.1) is 6.92 Å². The van der Waals surface area contributed by atoms with E-state index < -0.39 is 0 Å². The Morgan fingerprint density at radius 2 is 1.37 bits per heavy atom. The third-order valence-electron chi connectivity index (χ3n) is 2.62. The number of rotatable bonds is 5. The molecule has 98 valence electrons. The van der Waals surface area contributed by atoms with Crippen LogP contribution in [0.3, 0.4) is 0 Å².